The van der Waals surface area contributed by atoms with Crippen LogP contribution in [0.3, 0.4) is 0 Å². The van der Waals surface area contributed by atoms with Gasteiger partial charge < -0.3 is 20.2 Å². The maximum atomic E-state index is 10.1. The highest BCUT2D eigenvalue weighted by atomic mass is 31.1. The van der Waals surface area contributed by atoms with E-state index < -0.39 is 20.3 Å². The quantitative estimate of drug-likeness (QED) is 0.305. The first-order valence-electron chi connectivity index (χ1n) is 1.97. The highest BCUT2D eigenvalue weighted by Gasteiger charge is 2.16. The summed E-state index contributed by atoms with van der Waals surface area (Å²) in [6, 6.07) is 0. The maximum absolute atomic E-state index is 10.1. The summed E-state index contributed by atoms with van der Waals surface area (Å²) < 4.78 is 0. The second-order valence-electron chi connectivity index (χ2n) is 1.56. The molecule has 3 N–H and O–H groups in total. The third-order valence-corrected chi connectivity index (χ3v) is 1.30. The predicted octanol–water partition coefficient (Wildman–Crippen LogP) is -2.00. The molecule has 0 aliphatic heterocycles. The Morgan fingerprint density at radius 2 is 1.88 bits per heavy atom. The van der Waals surface area contributed by atoms with Crippen LogP contribution in [0.1, 0.15) is 0 Å². The van der Waals surface area contributed by atoms with Crippen molar-refractivity contribution in [2.24, 2.45) is 0 Å². The third-order valence-electron chi connectivity index (χ3n) is 0.435. The molecule has 0 aromatic heterocycles. The first-order valence-corrected chi connectivity index (χ1v) is 3.86. The van der Waals surface area contributed by atoms with Gasteiger partial charge in [-0.05, 0) is 0 Å². The Labute approximate surface area is 48.2 Å². The minimum atomic E-state index is -2.76. The van der Waals surface area contributed by atoms with Gasteiger partial charge in [0.25, 0.3) is 5.97 Å². The molecule has 5 heteroatoms. The second kappa shape index (κ2) is 2.71. The Morgan fingerprint density at radius 3 is 1.88 bits per heavy atom. The van der Waals surface area contributed by atoms with Crippen molar-refractivity contribution in [2.75, 3.05) is 12.8 Å². The highest BCUT2D eigenvalue weighted by Crippen LogP contribution is 2.21. The molecule has 0 aromatic carbocycles. The normalized spacial score (nSPS) is 16.1. The lowest BCUT2D eigenvalue weighted by molar-refractivity contribution is -0.298. The first-order chi connectivity index (χ1) is 3.42. The fraction of sp³-hybridized carbons (Fsp3) is 1.00. The molecule has 1 unspecified atom stereocenters. The van der Waals surface area contributed by atoms with E-state index in [1.807, 2.05) is 0 Å². The molecule has 0 heterocycles. The molecule has 4 nitrogen and oxygen atoms in total. The lowest BCUT2D eigenvalue weighted by atomic mass is 10.7. The van der Waals surface area contributed by atoms with Crippen molar-refractivity contribution in [1.29, 1.82) is 0 Å². The van der Waals surface area contributed by atoms with Gasteiger partial charge in [-0.15, -0.1) is 0 Å². The van der Waals surface area contributed by atoms with Crippen LogP contribution >= 0.6 is 8.15 Å². The summed E-state index contributed by atoms with van der Waals surface area (Å²) >= 11 is 0. The Kier molecular flexibility index (Phi) is 2.80. The molecule has 0 aliphatic rings. The molecule has 0 aromatic rings. The van der Waals surface area contributed by atoms with Crippen LogP contribution < -0.4 is 4.89 Å². The lowest BCUT2D eigenvalue weighted by Gasteiger charge is -2.23. The Bertz CT molecular complexity index is 66.2. The van der Waals surface area contributed by atoms with E-state index in [1.54, 1.807) is 0 Å². The minimum Gasteiger partial charge on any atom is -0.829 e. The number of hydrogen-bond acceptors (Lipinski definition) is 4. The van der Waals surface area contributed by atoms with E-state index in [4.69, 9.17) is 15.3 Å². The highest BCUT2D eigenvalue weighted by molar-refractivity contribution is 7.49. The molecule has 0 aliphatic carbocycles. The molecule has 0 rings (SSSR count). The Morgan fingerprint density at radius 1 is 1.50 bits per heavy atom. The van der Waals surface area contributed by atoms with E-state index in [0.717, 1.165) is 0 Å². The lowest BCUT2D eigenvalue weighted by Crippen LogP contribution is -2.32. The smallest absolute Gasteiger partial charge is 0.278 e. The minimum absolute atomic E-state index is 0.498. The van der Waals surface area contributed by atoms with Crippen molar-refractivity contribution in [3.05, 3.63) is 0 Å². The van der Waals surface area contributed by atoms with Gasteiger partial charge in [0.2, 0.25) is 0 Å². The van der Waals surface area contributed by atoms with Gasteiger partial charge in [-0.2, -0.15) is 0 Å². The predicted molar refractivity (Wildman–Crippen MR) is 27.1 cm³/mol. The molecular formula is C3H8O4P-. The zero-order valence-corrected chi connectivity index (χ0v) is 5.30. The van der Waals surface area contributed by atoms with Crippen LogP contribution in [0.2, 0.25) is 0 Å². The van der Waals surface area contributed by atoms with Gasteiger partial charge in [0, 0.05) is 6.16 Å². The molecular weight excluding hydrogens is 131 g/mol. The summed E-state index contributed by atoms with van der Waals surface area (Å²) in [5.41, 5.74) is 0. The fourth-order valence-corrected chi connectivity index (χ4v) is 0.896. The van der Waals surface area contributed by atoms with Crippen LogP contribution in [0.4, 0.5) is 0 Å². The van der Waals surface area contributed by atoms with Crippen LogP contribution in [-0.2, 0) is 0 Å². The van der Waals surface area contributed by atoms with Crippen molar-refractivity contribution >= 4 is 8.15 Å². The fourth-order valence-electron chi connectivity index (χ4n) is 0.299. The van der Waals surface area contributed by atoms with Crippen LogP contribution in [0.5, 0.6) is 0 Å². The summed E-state index contributed by atoms with van der Waals surface area (Å²) in [7, 11) is -1.69. The maximum Gasteiger partial charge on any atom is 0.278 e. The van der Waals surface area contributed by atoms with Crippen LogP contribution in [0.15, 0.2) is 0 Å². The molecule has 0 radical (unpaired) electrons. The first kappa shape index (κ1) is 8.27. The van der Waals surface area contributed by atoms with Crippen LogP contribution in [0, 0.1) is 0 Å². The molecule has 0 fully saturated rings. The average molecular weight is 139 g/mol. The second-order valence-corrected chi connectivity index (χ2v) is 3.13. The third kappa shape index (κ3) is 6.27. The van der Waals surface area contributed by atoms with Crippen molar-refractivity contribution < 1.29 is 20.2 Å². The van der Waals surface area contributed by atoms with E-state index in [-0.39, 0.29) is 0 Å². The van der Waals surface area contributed by atoms with E-state index in [1.165, 1.54) is 6.66 Å². The van der Waals surface area contributed by atoms with E-state index in [2.05, 4.69) is 0 Å². The van der Waals surface area contributed by atoms with Gasteiger partial charge in [-0.25, -0.2) is 8.15 Å². The molecule has 0 amide bonds. The summed E-state index contributed by atoms with van der Waals surface area (Å²) in [5, 5.41) is 24.3. The van der Waals surface area contributed by atoms with Gasteiger partial charge in [0.15, 0.2) is 0 Å². The Balaban J connectivity index is 3.39. The summed E-state index contributed by atoms with van der Waals surface area (Å²) in [6.45, 7) is 1.30. The number of rotatable bonds is 2. The van der Waals surface area contributed by atoms with Gasteiger partial charge in [0.1, 0.15) is 0 Å². The zero-order valence-electron chi connectivity index (χ0n) is 4.40. The number of hydrogen-bond donors (Lipinski definition) is 3. The molecule has 8 heavy (non-hydrogen) atoms. The summed E-state index contributed by atoms with van der Waals surface area (Å²) in [6.07, 6.45) is -0.498. The van der Waals surface area contributed by atoms with E-state index in [0.29, 0.717) is 0 Å². The van der Waals surface area contributed by atoms with E-state index in [9.17, 15) is 4.89 Å². The molecule has 50 valence electrons. The average Bonchev–Trinajstić information content (AvgIpc) is 1.21. The van der Waals surface area contributed by atoms with Crippen molar-refractivity contribution in [1.82, 2.24) is 0 Å². The molecule has 0 saturated carbocycles. The van der Waals surface area contributed by atoms with Crippen molar-refractivity contribution in [3.63, 3.8) is 0 Å². The monoisotopic (exact) mass is 139 g/mol. The van der Waals surface area contributed by atoms with Gasteiger partial charge in [0.05, 0.1) is 0 Å². The molecule has 1 atom stereocenters. The van der Waals surface area contributed by atoms with Gasteiger partial charge in [-0.3, -0.25) is 0 Å². The zero-order chi connectivity index (χ0) is 6.78. The molecule has 0 saturated heterocycles. The van der Waals surface area contributed by atoms with Gasteiger partial charge >= 0.3 is 0 Å². The number of aliphatic hydroxyl groups is 3. The standard InChI is InChI=1S/C3H8O4P/c1-8(7)2-3(4,5)6/h4-6H,2H2,1H3/q-1. The summed E-state index contributed by atoms with van der Waals surface area (Å²) in [4.78, 5) is 10.1. The van der Waals surface area contributed by atoms with Crippen LogP contribution in [0.25, 0.3) is 0 Å². The van der Waals surface area contributed by atoms with Crippen LogP contribution in [-0.4, -0.2) is 34.1 Å². The van der Waals surface area contributed by atoms with Crippen molar-refractivity contribution in [2.45, 2.75) is 5.97 Å². The molecule has 0 bridgehead atoms. The molecule has 0 spiro atoms. The largest absolute Gasteiger partial charge is 0.829 e. The SMILES string of the molecule is CP([O-])CC(O)(O)O. The Hall–Kier alpha value is 0.270. The van der Waals surface area contributed by atoms with Gasteiger partial charge in [-0.1, -0.05) is 6.66 Å². The van der Waals surface area contributed by atoms with Crippen molar-refractivity contribution in [3.8, 4) is 0 Å². The van der Waals surface area contributed by atoms with E-state index >= 15 is 0 Å². The summed E-state index contributed by atoms with van der Waals surface area (Å²) in [5.74, 6) is -2.76. The topological polar surface area (TPSA) is 83.8 Å².